The Kier molecular flexibility index (Phi) is 4.92. The SMILES string of the molecule is Cc1cc(Cl)ccc1OCCCC(C)N. The average Bonchev–Trinajstić information content (AvgIpc) is 2.14. The van der Waals surface area contributed by atoms with Crippen LogP contribution in [0.4, 0.5) is 0 Å². The highest BCUT2D eigenvalue weighted by Gasteiger charge is 2.00. The fraction of sp³-hybridized carbons (Fsp3) is 0.500. The Balaban J connectivity index is 2.37. The number of aryl methyl sites for hydroxylation is 1. The summed E-state index contributed by atoms with van der Waals surface area (Å²) >= 11 is 5.85. The molecule has 1 aromatic rings. The molecule has 1 aromatic carbocycles. The van der Waals surface area contributed by atoms with Gasteiger partial charge in [-0.25, -0.2) is 0 Å². The maximum absolute atomic E-state index is 5.85. The fourth-order valence-corrected chi connectivity index (χ4v) is 1.59. The number of ether oxygens (including phenoxy) is 1. The van der Waals surface area contributed by atoms with E-state index in [0.717, 1.165) is 29.2 Å². The van der Waals surface area contributed by atoms with E-state index < -0.39 is 0 Å². The molecule has 1 atom stereocenters. The first-order valence-corrected chi connectivity index (χ1v) is 5.62. The Bertz CT molecular complexity index is 312. The molecule has 0 fully saturated rings. The number of hydrogen-bond donors (Lipinski definition) is 1. The first-order chi connectivity index (χ1) is 7.09. The van der Waals surface area contributed by atoms with Crippen molar-refractivity contribution in [3.8, 4) is 5.75 Å². The zero-order valence-electron chi connectivity index (χ0n) is 9.29. The van der Waals surface area contributed by atoms with Crippen LogP contribution in [-0.4, -0.2) is 12.6 Å². The molecule has 0 amide bonds. The van der Waals surface area contributed by atoms with Crippen molar-refractivity contribution in [2.45, 2.75) is 32.7 Å². The van der Waals surface area contributed by atoms with Crippen LogP contribution in [0.3, 0.4) is 0 Å². The van der Waals surface area contributed by atoms with Gasteiger partial charge < -0.3 is 10.5 Å². The second kappa shape index (κ2) is 5.99. The van der Waals surface area contributed by atoms with E-state index >= 15 is 0 Å². The topological polar surface area (TPSA) is 35.2 Å². The number of rotatable bonds is 5. The fourth-order valence-electron chi connectivity index (χ4n) is 1.36. The summed E-state index contributed by atoms with van der Waals surface area (Å²) in [5, 5.41) is 0.746. The van der Waals surface area contributed by atoms with Crippen molar-refractivity contribution in [3.05, 3.63) is 28.8 Å². The van der Waals surface area contributed by atoms with Crippen molar-refractivity contribution in [1.82, 2.24) is 0 Å². The molecular formula is C12H18ClNO. The molecule has 0 aliphatic rings. The highest BCUT2D eigenvalue weighted by Crippen LogP contribution is 2.21. The first-order valence-electron chi connectivity index (χ1n) is 5.24. The number of hydrogen-bond acceptors (Lipinski definition) is 2. The molecular weight excluding hydrogens is 210 g/mol. The summed E-state index contributed by atoms with van der Waals surface area (Å²) in [5.41, 5.74) is 6.72. The summed E-state index contributed by atoms with van der Waals surface area (Å²) in [7, 11) is 0. The van der Waals surface area contributed by atoms with Crippen molar-refractivity contribution < 1.29 is 4.74 Å². The van der Waals surface area contributed by atoms with Crippen LogP contribution in [0.1, 0.15) is 25.3 Å². The van der Waals surface area contributed by atoms with Gasteiger partial charge in [-0.1, -0.05) is 11.6 Å². The summed E-state index contributed by atoms with van der Waals surface area (Å²) < 4.78 is 5.63. The van der Waals surface area contributed by atoms with E-state index in [9.17, 15) is 0 Å². The molecule has 0 heterocycles. The Morgan fingerprint density at radius 2 is 2.20 bits per heavy atom. The van der Waals surface area contributed by atoms with Gasteiger partial charge in [0.1, 0.15) is 5.75 Å². The van der Waals surface area contributed by atoms with Crippen molar-refractivity contribution >= 4 is 11.6 Å². The average molecular weight is 228 g/mol. The molecule has 2 nitrogen and oxygen atoms in total. The normalized spacial score (nSPS) is 12.5. The van der Waals surface area contributed by atoms with Gasteiger partial charge in [0.25, 0.3) is 0 Å². The van der Waals surface area contributed by atoms with Gasteiger partial charge in [0.05, 0.1) is 6.61 Å². The van der Waals surface area contributed by atoms with Gasteiger partial charge in [0.2, 0.25) is 0 Å². The maximum Gasteiger partial charge on any atom is 0.122 e. The van der Waals surface area contributed by atoms with Crippen molar-refractivity contribution in [2.75, 3.05) is 6.61 Å². The van der Waals surface area contributed by atoms with E-state index in [-0.39, 0.29) is 6.04 Å². The minimum absolute atomic E-state index is 0.250. The van der Waals surface area contributed by atoms with Crippen molar-refractivity contribution in [2.24, 2.45) is 5.73 Å². The van der Waals surface area contributed by atoms with E-state index in [2.05, 4.69) is 0 Å². The summed E-state index contributed by atoms with van der Waals surface area (Å²) in [6, 6.07) is 5.90. The largest absolute Gasteiger partial charge is 0.493 e. The van der Waals surface area contributed by atoms with Gasteiger partial charge in [-0.05, 0) is 50.5 Å². The molecule has 1 unspecified atom stereocenters. The lowest BCUT2D eigenvalue weighted by molar-refractivity contribution is 0.301. The molecule has 3 heteroatoms. The lowest BCUT2D eigenvalue weighted by atomic mass is 10.2. The monoisotopic (exact) mass is 227 g/mol. The van der Waals surface area contributed by atoms with Crippen LogP contribution in [0.15, 0.2) is 18.2 Å². The summed E-state index contributed by atoms with van der Waals surface area (Å²) in [6.07, 6.45) is 1.98. The molecule has 2 N–H and O–H groups in total. The quantitative estimate of drug-likeness (QED) is 0.785. The molecule has 0 spiro atoms. The van der Waals surface area contributed by atoms with E-state index in [1.165, 1.54) is 0 Å². The van der Waals surface area contributed by atoms with E-state index in [1.807, 2.05) is 32.0 Å². The second-order valence-corrected chi connectivity index (χ2v) is 4.31. The molecule has 1 rings (SSSR count). The second-order valence-electron chi connectivity index (χ2n) is 3.88. The number of nitrogens with two attached hydrogens (primary N) is 1. The molecule has 0 radical (unpaired) electrons. The molecule has 84 valence electrons. The lowest BCUT2D eigenvalue weighted by Crippen LogP contribution is -2.15. The predicted octanol–water partition coefficient (Wildman–Crippen LogP) is 3.15. The molecule has 15 heavy (non-hydrogen) atoms. The zero-order chi connectivity index (χ0) is 11.3. The smallest absolute Gasteiger partial charge is 0.122 e. The Labute approximate surface area is 96.4 Å². The third-order valence-electron chi connectivity index (χ3n) is 2.20. The van der Waals surface area contributed by atoms with E-state index in [0.29, 0.717) is 6.61 Å². The maximum atomic E-state index is 5.85. The Hall–Kier alpha value is -0.730. The summed E-state index contributed by atoms with van der Waals surface area (Å²) in [5.74, 6) is 0.907. The summed E-state index contributed by atoms with van der Waals surface area (Å²) in [4.78, 5) is 0. The minimum atomic E-state index is 0.250. The van der Waals surface area contributed by atoms with Gasteiger partial charge in [0.15, 0.2) is 0 Å². The van der Waals surface area contributed by atoms with Gasteiger partial charge in [0, 0.05) is 11.1 Å². The standard InChI is InChI=1S/C12H18ClNO/c1-9-8-11(13)5-6-12(9)15-7-3-4-10(2)14/h5-6,8,10H,3-4,7,14H2,1-2H3. The Morgan fingerprint density at radius 3 is 2.80 bits per heavy atom. The van der Waals surface area contributed by atoms with Gasteiger partial charge in [-0.3, -0.25) is 0 Å². The number of benzene rings is 1. The van der Waals surface area contributed by atoms with E-state index in [4.69, 9.17) is 22.1 Å². The third-order valence-corrected chi connectivity index (χ3v) is 2.43. The van der Waals surface area contributed by atoms with Crippen LogP contribution in [0.2, 0.25) is 5.02 Å². The molecule has 0 aromatic heterocycles. The summed E-state index contributed by atoms with van der Waals surface area (Å²) in [6.45, 7) is 4.71. The van der Waals surface area contributed by atoms with Crippen molar-refractivity contribution in [3.63, 3.8) is 0 Å². The molecule has 0 saturated heterocycles. The highest BCUT2D eigenvalue weighted by atomic mass is 35.5. The van der Waals surface area contributed by atoms with Crippen molar-refractivity contribution in [1.29, 1.82) is 0 Å². The van der Waals surface area contributed by atoms with Gasteiger partial charge >= 0.3 is 0 Å². The predicted molar refractivity (Wildman–Crippen MR) is 64.6 cm³/mol. The third kappa shape index (κ3) is 4.54. The Morgan fingerprint density at radius 1 is 1.47 bits per heavy atom. The van der Waals surface area contributed by atoms with Gasteiger partial charge in [-0.15, -0.1) is 0 Å². The molecule has 0 aliphatic heterocycles. The van der Waals surface area contributed by atoms with Crippen LogP contribution in [0.25, 0.3) is 0 Å². The first kappa shape index (κ1) is 12.3. The van der Waals surface area contributed by atoms with Gasteiger partial charge in [-0.2, -0.15) is 0 Å². The van der Waals surface area contributed by atoms with Crippen LogP contribution in [-0.2, 0) is 0 Å². The van der Waals surface area contributed by atoms with Crippen LogP contribution < -0.4 is 10.5 Å². The molecule has 0 aliphatic carbocycles. The zero-order valence-corrected chi connectivity index (χ0v) is 10.1. The molecule has 0 bridgehead atoms. The highest BCUT2D eigenvalue weighted by molar-refractivity contribution is 6.30. The van der Waals surface area contributed by atoms with Crippen LogP contribution in [0, 0.1) is 6.92 Å². The van der Waals surface area contributed by atoms with Crippen LogP contribution in [0.5, 0.6) is 5.75 Å². The molecule has 0 saturated carbocycles. The lowest BCUT2D eigenvalue weighted by Gasteiger charge is -2.10. The minimum Gasteiger partial charge on any atom is -0.493 e. The number of halogens is 1. The van der Waals surface area contributed by atoms with Crippen LogP contribution >= 0.6 is 11.6 Å². The van der Waals surface area contributed by atoms with E-state index in [1.54, 1.807) is 0 Å².